The molecule has 0 bridgehead atoms. The molecule has 3 nitrogen and oxygen atoms in total. The lowest BCUT2D eigenvalue weighted by molar-refractivity contribution is -0.00593. The second kappa shape index (κ2) is 8.89. The molecule has 0 aromatic carbocycles. The Morgan fingerprint density at radius 3 is 2.72 bits per heavy atom. The van der Waals surface area contributed by atoms with Crippen LogP contribution in [0.5, 0.6) is 0 Å². The first kappa shape index (κ1) is 15.9. The Morgan fingerprint density at radius 2 is 2.11 bits per heavy atom. The van der Waals surface area contributed by atoms with E-state index in [1.807, 2.05) is 0 Å². The lowest BCUT2D eigenvalue weighted by atomic mass is 9.99. The van der Waals surface area contributed by atoms with Crippen LogP contribution in [0.1, 0.15) is 47.0 Å². The molecule has 108 valence electrons. The Bertz CT molecular complexity index is 211. The van der Waals surface area contributed by atoms with Crippen molar-refractivity contribution in [2.75, 3.05) is 32.8 Å². The second-order valence-electron chi connectivity index (χ2n) is 5.59. The number of likely N-dealkylation sites (N-methyl/N-ethyl adjacent to an activating group) is 1. The van der Waals surface area contributed by atoms with E-state index in [9.17, 15) is 0 Å². The van der Waals surface area contributed by atoms with Gasteiger partial charge in [-0.25, -0.2) is 0 Å². The van der Waals surface area contributed by atoms with Crippen molar-refractivity contribution in [2.24, 2.45) is 5.92 Å². The highest BCUT2D eigenvalue weighted by Crippen LogP contribution is 2.17. The highest BCUT2D eigenvalue weighted by atomic mass is 16.5. The van der Waals surface area contributed by atoms with Gasteiger partial charge >= 0.3 is 0 Å². The monoisotopic (exact) mass is 256 g/mol. The molecule has 0 aromatic rings. The van der Waals surface area contributed by atoms with Gasteiger partial charge in [0.2, 0.25) is 0 Å². The van der Waals surface area contributed by atoms with Crippen LogP contribution < -0.4 is 5.32 Å². The fourth-order valence-electron chi connectivity index (χ4n) is 2.68. The molecule has 1 rings (SSSR count). The molecule has 1 heterocycles. The normalized spacial score (nSPS) is 26.5. The number of nitrogens with one attached hydrogen (secondary N) is 1. The number of nitrogens with zero attached hydrogens (tertiary/aromatic N) is 1. The maximum Gasteiger partial charge on any atom is 0.0637 e. The summed E-state index contributed by atoms with van der Waals surface area (Å²) in [7, 11) is 0. The van der Waals surface area contributed by atoms with Crippen LogP contribution in [0.2, 0.25) is 0 Å². The minimum Gasteiger partial charge on any atom is -0.380 e. The largest absolute Gasteiger partial charge is 0.380 e. The summed E-state index contributed by atoms with van der Waals surface area (Å²) in [5.74, 6) is 0.777. The molecule has 0 aliphatic carbocycles. The van der Waals surface area contributed by atoms with E-state index < -0.39 is 0 Å². The predicted molar refractivity (Wildman–Crippen MR) is 78.0 cm³/mol. The summed E-state index contributed by atoms with van der Waals surface area (Å²) in [5.41, 5.74) is 0. The fraction of sp³-hybridized carbons (Fsp3) is 1.00. The van der Waals surface area contributed by atoms with E-state index in [-0.39, 0.29) is 0 Å². The van der Waals surface area contributed by atoms with E-state index in [1.54, 1.807) is 0 Å². The summed E-state index contributed by atoms with van der Waals surface area (Å²) >= 11 is 0. The number of rotatable bonds is 8. The summed E-state index contributed by atoms with van der Waals surface area (Å²) < 4.78 is 5.71. The molecular weight excluding hydrogens is 224 g/mol. The average molecular weight is 256 g/mol. The third kappa shape index (κ3) is 4.87. The van der Waals surface area contributed by atoms with Crippen LogP contribution in [0.15, 0.2) is 0 Å². The zero-order valence-corrected chi connectivity index (χ0v) is 12.7. The van der Waals surface area contributed by atoms with Gasteiger partial charge in [0, 0.05) is 25.2 Å². The molecule has 0 amide bonds. The molecule has 1 fully saturated rings. The second-order valence-corrected chi connectivity index (χ2v) is 5.59. The summed E-state index contributed by atoms with van der Waals surface area (Å²) in [5, 5.41) is 3.71. The van der Waals surface area contributed by atoms with E-state index in [1.165, 1.54) is 19.4 Å². The Kier molecular flexibility index (Phi) is 7.87. The predicted octanol–water partition coefficient (Wildman–Crippen LogP) is 2.51. The van der Waals surface area contributed by atoms with Crippen LogP contribution in [-0.2, 0) is 4.74 Å². The van der Waals surface area contributed by atoms with Gasteiger partial charge in [-0.15, -0.1) is 0 Å². The van der Waals surface area contributed by atoms with Crippen molar-refractivity contribution < 1.29 is 4.74 Å². The lowest BCUT2D eigenvalue weighted by Crippen LogP contribution is -2.56. The molecule has 0 aromatic heterocycles. The van der Waals surface area contributed by atoms with Crippen LogP contribution in [0.3, 0.4) is 0 Å². The Morgan fingerprint density at radius 1 is 1.33 bits per heavy atom. The van der Waals surface area contributed by atoms with E-state index in [0.29, 0.717) is 12.1 Å². The van der Waals surface area contributed by atoms with Gasteiger partial charge in [-0.05, 0) is 31.8 Å². The molecule has 3 heteroatoms. The Balaban J connectivity index is 2.55. The van der Waals surface area contributed by atoms with Crippen LogP contribution in [0.4, 0.5) is 0 Å². The van der Waals surface area contributed by atoms with Crippen LogP contribution in [0.25, 0.3) is 0 Å². The smallest absolute Gasteiger partial charge is 0.0637 e. The molecule has 1 N–H and O–H groups in total. The first-order valence-electron chi connectivity index (χ1n) is 7.78. The van der Waals surface area contributed by atoms with Crippen molar-refractivity contribution >= 4 is 0 Å². The molecule has 3 atom stereocenters. The van der Waals surface area contributed by atoms with Gasteiger partial charge < -0.3 is 10.1 Å². The fourth-order valence-corrected chi connectivity index (χ4v) is 2.68. The third-order valence-electron chi connectivity index (χ3n) is 4.10. The number of hydrogen-bond donors (Lipinski definition) is 1. The number of ether oxygens (including phenoxy) is 1. The van der Waals surface area contributed by atoms with Crippen molar-refractivity contribution in [1.82, 2.24) is 10.2 Å². The quantitative estimate of drug-likeness (QED) is 0.722. The molecule has 0 spiro atoms. The SMILES string of the molecule is CCCNC1CCOCC1N(CC)CC(C)CC. The molecule has 0 radical (unpaired) electrons. The van der Waals surface area contributed by atoms with Gasteiger partial charge in [-0.3, -0.25) is 4.90 Å². The zero-order chi connectivity index (χ0) is 13.4. The highest BCUT2D eigenvalue weighted by molar-refractivity contribution is 4.87. The summed E-state index contributed by atoms with van der Waals surface area (Å²) in [4.78, 5) is 2.61. The maximum atomic E-state index is 5.71. The number of hydrogen-bond acceptors (Lipinski definition) is 3. The van der Waals surface area contributed by atoms with Crippen molar-refractivity contribution in [1.29, 1.82) is 0 Å². The average Bonchev–Trinajstić information content (AvgIpc) is 2.42. The van der Waals surface area contributed by atoms with Gasteiger partial charge in [0.15, 0.2) is 0 Å². The molecule has 18 heavy (non-hydrogen) atoms. The van der Waals surface area contributed by atoms with E-state index in [0.717, 1.165) is 38.6 Å². The minimum absolute atomic E-state index is 0.560. The molecule has 1 saturated heterocycles. The van der Waals surface area contributed by atoms with Crippen molar-refractivity contribution in [3.63, 3.8) is 0 Å². The Hall–Kier alpha value is -0.120. The van der Waals surface area contributed by atoms with Gasteiger partial charge in [0.1, 0.15) is 0 Å². The van der Waals surface area contributed by atoms with Gasteiger partial charge in [-0.2, -0.15) is 0 Å². The first-order chi connectivity index (χ1) is 8.72. The zero-order valence-electron chi connectivity index (χ0n) is 12.7. The van der Waals surface area contributed by atoms with Crippen molar-refractivity contribution in [3.05, 3.63) is 0 Å². The van der Waals surface area contributed by atoms with Crippen LogP contribution in [0, 0.1) is 5.92 Å². The summed E-state index contributed by atoms with van der Waals surface area (Å²) in [6.07, 6.45) is 3.63. The van der Waals surface area contributed by atoms with E-state index in [2.05, 4.69) is 37.9 Å². The van der Waals surface area contributed by atoms with Gasteiger partial charge in [-0.1, -0.05) is 34.1 Å². The van der Waals surface area contributed by atoms with Gasteiger partial charge in [0.25, 0.3) is 0 Å². The minimum atomic E-state index is 0.560. The third-order valence-corrected chi connectivity index (χ3v) is 4.10. The van der Waals surface area contributed by atoms with Crippen molar-refractivity contribution in [3.8, 4) is 0 Å². The first-order valence-corrected chi connectivity index (χ1v) is 7.78. The Labute approximate surface area is 113 Å². The lowest BCUT2D eigenvalue weighted by Gasteiger charge is -2.40. The van der Waals surface area contributed by atoms with E-state index >= 15 is 0 Å². The standard InChI is InChI=1S/C15H32N2O/c1-5-9-16-14-8-10-18-12-15(14)17(7-3)11-13(4)6-2/h13-16H,5-12H2,1-4H3. The molecule has 0 saturated carbocycles. The molecule has 1 aliphatic rings. The molecular formula is C15H32N2O. The topological polar surface area (TPSA) is 24.5 Å². The van der Waals surface area contributed by atoms with E-state index in [4.69, 9.17) is 4.74 Å². The van der Waals surface area contributed by atoms with Crippen molar-refractivity contribution in [2.45, 2.75) is 59.0 Å². The highest BCUT2D eigenvalue weighted by Gasteiger charge is 2.30. The molecule has 3 unspecified atom stereocenters. The van der Waals surface area contributed by atoms with Crippen LogP contribution in [-0.4, -0.2) is 49.8 Å². The maximum absolute atomic E-state index is 5.71. The van der Waals surface area contributed by atoms with Crippen LogP contribution >= 0.6 is 0 Å². The summed E-state index contributed by atoms with van der Waals surface area (Å²) in [6.45, 7) is 14.4. The summed E-state index contributed by atoms with van der Waals surface area (Å²) in [6, 6.07) is 1.17. The molecule has 1 aliphatic heterocycles. The van der Waals surface area contributed by atoms with Gasteiger partial charge in [0.05, 0.1) is 6.61 Å².